The van der Waals surface area contributed by atoms with E-state index < -0.39 is 0 Å². The Morgan fingerprint density at radius 2 is 2.33 bits per heavy atom. The van der Waals surface area contributed by atoms with Crippen LogP contribution in [-0.2, 0) is 4.79 Å². The fraction of sp³-hybridized carbons (Fsp3) is 0.400. The van der Waals surface area contributed by atoms with Crippen molar-refractivity contribution in [1.82, 2.24) is 15.0 Å². The molecule has 1 aromatic carbocycles. The van der Waals surface area contributed by atoms with Crippen LogP contribution in [0, 0.1) is 0 Å². The van der Waals surface area contributed by atoms with Gasteiger partial charge in [0.15, 0.2) is 0 Å². The maximum absolute atomic E-state index is 11.6. The molecular weight excluding hydrogens is 270 g/mol. The SMILES string of the molecule is COc1cccc(-c2noc(C3CCCN3C(C)=O)n2)c1. The second-order valence-corrected chi connectivity index (χ2v) is 5.06. The topological polar surface area (TPSA) is 68.5 Å². The van der Waals surface area contributed by atoms with E-state index in [2.05, 4.69) is 10.1 Å². The van der Waals surface area contributed by atoms with Crippen molar-refractivity contribution >= 4 is 5.91 Å². The lowest BCUT2D eigenvalue weighted by Crippen LogP contribution is -2.28. The van der Waals surface area contributed by atoms with Gasteiger partial charge in [0.2, 0.25) is 17.6 Å². The van der Waals surface area contributed by atoms with Crippen LogP contribution in [0.25, 0.3) is 11.4 Å². The van der Waals surface area contributed by atoms with Gasteiger partial charge >= 0.3 is 0 Å². The number of methoxy groups -OCH3 is 1. The van der Waals surface area contributed by atoms with Gasteiger partial charge in [-0.25, -0.2) is 0 Å². The molecule has 1 atom stereocenters. The molecule has 2 heterocycles. The lowest BCUT2D eigenvalue weighted by Gasteiger charge is -2.19. The Bertz CT molecular complexity index is 653. The fourth-order valence-corrected chi connectivity index (χ4v) is 2.65. The van der Waals surface area contributed by atoms with Crippen LogP contribution in [0.5, 0.6) is 5.75 Å². The highest BCUT2D eigenvalue weighted by atomic mass is 16.5. The minimum atomic E-state index is -0.102. The molecule has 0 spiro atoms. The Morgan fingerprint density at radius 3 is 3.10 bits per heavy atom. The second-order valence-electron chi connectivity index (χ2n) is 5.06. The summed E-state index contributed by atoms with van der Waals surface area (Å²) in [6.07, 6.45) is 1.82. The summed E-state index contributed by atoms with van der Waals surface area (Å²) in [6, 6.07) is 7.38. The van der Waals surface area contributed by atoms with Gasteiger partial charge in [-0.1, -0.05) is 17.3 Å². The summed E-state index contributed by atoms with van der Waals surface area (Å²) < 4.78 is 10.6. The van der Waals surface area contributed by atoms with Crippen LogP contribution in [0.1, 0.15) is 31.7 Å². The van der Waals surface area contributed by atoms with Crippen LogP contribution in [0.4, 0.5) is 0 Å². The summed E-state index contributed by atoms with van der Waals surface area (Å²) in [4.78, 5) is 17.8. The molecule has 0 N–H and O–H groups in total. The van der Waals surface area contributed by atoms with Crippen LogP contribution in [0.15, 0.2) is 28.8 Å². The lowest BCUT2D eigenvalue weighted by molar-refractivity contribution is -0.130. The van der Waals surface area contributed by atoms with E-state index in [4.69, 9.17) is 9.26 Å². The molecule has 1 saturated heterocycles. The number of aromatic nitrogens is 2. The van der Waals surface area contributed by atoms with Gasteiger partial charge in [0.25, 0.3) is 0 Å². The van der Waals surface area contributed by atoms with E-state index in [1.807, 2.05) is 24.3 Å². The Kier molecular flexibility index (Phi) is 3.60. The van der Waals surface area contributed by atoms with Gasteiger partial charge in [0.1, 0.15) is 11.8 Å². The van der Waals surface area contributed by atoms with Crippen molar-refractivity contribution in [3.63, 3.8) is 0 Å². The molecule has 110 valence electrons. The van der Waals surface area contributed by atoms with Crippen molar-refractivity contribution in [3.05, 3.63) is 30.2 Å². The fourth-order valence-electron chi connectivity index (χ4n) is 2.65. The van der Waals surface area contributed by atoms with E-state index >= 15 is 0 Å². The minimum absolute atomic E-state index is 0.0404. The Morgan fingerprint density at radius 1 is 1.48 bits per heavy atom. The van der Waals surface area contributed by atoms with E-state index in [0.717, 1.165) is 30.7 Å². The number of hydrogen-bond donors (Lipinski definition) is 0. The van der Waals surface area contributed by atoms with Crippen LogP contribution in [-0.4, -0.2) is 34.6 Å². The predicted octanol–water partition coefficient (Wildman–Crippen LogP) is 2.43. The normalized spacial score (nSPS) is 18.0. The third-order valence-electron chi connectivity index (χ3n) is 3.71. The molecule has 1 aliphatic rings. The Hall–Kier alpha value is -2.37. The number of hydrogen-bond acceptors (Lipinski definition) is 5. The van der Waals surface area contributed by atoms with Crippen LogP contribution in [0.2, 0.25) is 0 Å². The molecule has 1 amide bonds. The maximum Gasteiger partial charge on any atom is 0.249 e. The van der Waals surface area contributed by atoms with Crippen molar-refractivity contribution in [1.29, 1.82) is 0 Å². The summed E-state index contributed by atoms with van der Waals surface area (Å²) in [6.45, 7) is 2.31. The van der Waals surface area contributed by atoms with Crippen molar-refractivity contribution in [2.24, 2.45) is 0 Å². The Balaban J connectivity index is 1.87. The third-order valence-corrected chi connectivity index (χ3v) is 3.71. The highest BCUT2D eigenvalue weighted by Gasteiger charge is 2.32. The largest absolute Gasteiger partial charge is 0.497 e. The first kappa shape index (κ1) is 13.6. The van der Waals surface area contributed by atoms with Gasteiger partial charge < -0.3 is 14.2 Å². The van der Waals surface area contributed by atoms with E-state index in [-0.39, 0.29) is 11.9 Å². The maximum atomic E-state index is 11.6. The number of benzene rings is 1. The number of carbonyl (C=O) groups is 1. The van der Waals surface area contributed by atoms with E-state index in [0.29, 0.717) is 11.7 Å². The molecular formula is C15H17N3O3. The number of nitrogens with zero attached hydrogens (tertiary/aromatic N) is 3. The molecule has 6 nitrogen and oxygen atoms in total. The van der Waals surface area contributed by atoms with E-state index in [9.17, 15) is 4.79 Å². The van der Waals surface area contributed by atoms with Gasteiger partial charge in [0, 0.05) is 19.0 Å². The number of ether oxygens (including phenoxy) is 1. The summed E-state index contributed by atoms with van der Waals surface area (Å²) in [5, 5.41) is 4.02. The smallest absolute Gasteiger partial charge is 0.249 e. The van der Waals surface area contributed by atoms with E-state index in [1.165, 1.54) is 0 Å². The quantitative estimate of drug-likeness (QED) is 0.867. The monoisotopic (exact) mass is 287 g/mol. The third kappa shape index (κ3) is 2.61. The molecule has 1 aromatic heterocycles. The van der Waals surface area contributed by atoms with Crippen LogP contribution in [0.3, 0.4) is 0 Å². The summed E-state index contributed by atoms with van der Waals surface area (Å²) in [7, 11) is 1.62. The molecule has 0 radical (unpaired) electrons. The first-order valence-electron chi connectivity index (χ1n) is 6.94. The number of likely N-dealkylation sites (tertiary alicyclic amines) is 1. The van der Waals surface area contributed by atoms with Gasteiger partial charge in [-0.15, -0.1) is 0 Å². The van der Waals surface area contributed by atoms with Crippen molar-refractivity contribution in [2.75, 3.05) is 13.7 Å². The average Bonchev–Trinajstić information content (AvgIpc) is 3.15. The molecule has 0 saturated carbocycles. The predicted molar refractivity (Wildman–Crippen MR) is 75.6 cm³/mol. The second kappa shape index (κ2) is 5.55. The van der Waals surface area contributed by atoms with Crippen molar-refractivity contribution in [2.45, 2.75) is 25.8 Å². The lowest BCUT2D eigenvalue weighted by atomic mass is 10.2. The van der Waals surface area contributed by atoms with Crippen molar-refractivity contribution in [3.8, 4) is 17.1 Å². The van der Waals surface area contributed by atoms with Crippen LogP contribution >= 0.6 is 0 Å². The van der Waals surface area contributed by atoms with Gasteiger partial charge in [-0.3, -0.25) is 4.79 Å². The van der Waals surface area contributed by atoms with Crippen LogP contribution < -0.4 is 4.74 Å². The zero-order valence-electron chi connectivity index (χ0n) is 12.1. The highest BCUT2D eigenvalue weighted by Crippen LogP contribution is 2.32. The molecule has 0 aliphatic carbocycles. The highest BCUT2D eigenvalue weighted by molar-refractivity contribution is 5.74. The number of amides is 1. The molecule has 1 unspecified atom stereocenters. The van der Waals surface area contributed by atoms with Gasteiger partial charge in [-0.2, -0.15) is 4.98 Å². The molecule has 21 heavy (non-hydrogen) atoms. The van der Waals surface area contributed by atoms with Gasteiger partial charge in [0.05, 0.1) is 7.11 Å². The summed E-state index contributed by atoms with van der Waals surface area (Å²) >= 11 is 0. The number of rotatable bonds is 3. The minimum Gasteiger partial charge on any atom is -0.497 e. The molecule has 1 aliphatic heterocycles. The summed E-state index contributed by atoms with van der Waals surface area (Å²) in [5.74, 6) is 1.79. The first-order valence-corrected chi connectivity index (χ1v) is 6.94. The standard InChI is InChI=1S/C15H17N3O3/c1-10(19)18-8-4-7-13(18)15-16-14(17-21-15)11-5-3-6-12(9-11)20-2/h3,5-6,9,13H,4,7-8H2,1-2H3. The molecule has 2 aromatic rings. The zero-order chi connectivity index (χ0) is 14.8. The Labute approximate surface area is 122 Å². The zero-order valence-corrected chi connectivity index (χ0v) is 12.1. The molecule has 1 fully saturated rings. The molecule has 6 heteroatoms. The van der Waals surface area contributed by atoms with E-state index in [1.54, 1.807) is 18.9 Å². The van der Waals surface area contributed by atoms with Gasteiger partial charge in [-0.05, 0) is 25.0 Å². The molecule has 3 rings (SSSR count). The average molecular weight is 287 g/mol. The summed E-state index contributed by atoms with van der Waals surface area (Å²) in [5.41, 5.74) is 0.830. The molecule has 0 bridgehead atoms. The first-order chi connectivity index (χ1) is 10.2. The number of carbonyl (C=O) groups excluding carboxylic acids is 1. The van der Waals surface area contributed by atoms with Crippen molar-refractivity contribution < 1.29 is 14.1 Å².